The van der Waals surface area contributed by atoms with Crippen molar-refractivity contribution in [2.45, 2.75) is 26.7 Å². The summed E-state index contributed by atoms with van der Waals surface area (Å²) in [6, 6.07) is 4.00. The number of rotatable bonds is 2. The second-order valence-corrected chi connectivity index (χ2v) is 3.83. The Morgan fingerprint density at radius 2 is 1.92 bits per heavy atom. The van der Waals surface area contributed by atoms with Crippen molar-refractivity contribution in [1.29, 1.82) is 0 Å². The van der Waals surface area contributed by atoms with E-state index in [4.69, 9.17) is 16.3 Å². The minimum absolute atomic E-state index is 0.456. The first-order chi connectivity index (χ1) is 6.07. The molecule has 0 radical (unpaired) electrons. The number of benzene rings is 1. The summed E-state index contributed by atoms with van der Waals surface area (Å²) in [7, 11) is 1.66. The van der Waals surface area contributed by atoms with Gasteiger partial charge in [-0.1, -0.05) is 31.5 Å². The van der Waals surface area contributed by atoms with Crippen LogP contribution >= 0.6 is 11.6 Å². The molecule has 1 aromatic rings. The van der Waals surface area contributed by atoms with Gasteiger partial charge in [0.25, 0.3) is 0 Å². The zero-order valence-corrected chi connectivity index (χ0v) is 9.27. The van der Waals surface area contributed by atoms with Crippen LogP contribution < -0.4 is 4.74 Å². The van der Waals surface area contributed by atoms with Crippen LogP contribution in [0.4, 0.5) is 0 Å². The van der Waals surface area contributed by atoms with Crippen LogP contribution in [-0.4, -0.2) is 7.11 Å². The van der Waals surface area contributed by atoms with Crippen molar-refractivity contribution in [3.63, 3.8) is 0 Å². The number of ether oxygens (including phenoxy) is 1. The summed E-state index contributed by atoms with van der Waals surface area (Å²) in [5, 5.41) is 0.828. The van der Waals surface area contributed by atoms with E-state index in [9.17, 15) is 0 Å². The van der Waals surface area contributed by atoms with Crippen LogP contribution in [0.3, 0.4) is 0 Å². The molecule has 0 aliphatic heterocycles. The quantitative estimate of drug-likeness (QED) is 0.703. The molecule has 0 aromatic heterocycles. The number of hydrogen-bond donors (Lipinski definition) is 0. The smallest absolute Gasteiger partial charge is 0.123 e. The van der Waals surface area contributed by atoms with Crippen molar-refractivity contribution < 1.29 is 4.74 Å². The SMILES string of the molecule is COc1ccc(C(C)C)c(Cl)c1C. The molecule has 0 unspecified atom stereocenters. The van der Waals surface area contributed by atoms with Crippen LogP contribution in [0.25, 0.3) is 0 Å². The summed E-state index contributed by atoms with van der Waals surface area (Å²) in [5.41, 5.74) is 2.20. The summed E-state index contributed by atoms with van der Waals surface area (Å²) in [5.74, 6) is 1.31. The molecule has 1 aromatic carbocycles. The Bertz CT molecular complexity index is 305. The molecule has 0 saturated heterocycles. The molecular weight excluding hydrogens is 184 g/mol. The lowest BCUT2D eigenvalue weighted by atomic mass is 10.0. The van der Waals surface area contributed by atoms with Crippen molar-refractivity contribution >= 4 is 11.6 Å². The van der Waals surface area contributed by atoms with Crippen molar-refractivity contribution in [1.82, 2.24) is 0 Å². The summed E-state index contributed by atoms with van der Waals surface area (Å²) >= 11 is 6.19. The number of hydrogen-bond acceptors (Lipinski definition) is 1. The third-order valence-electron chi connectivity index (χ3n) is 2.21. The Labute approximate surface area is 84.7 Å². The second-order valence-electron chi connectivity index (χ2n) is 3.45. The Morgan fingerprint density at radius 1 is 1.31 bits per heavy atom. The van der Waals surface area contributed by atoms with Crippen molar-refractivity contribution in [2.75, 3.05) is 7.11 Å². The fourth-order valence-corrected chi connectivity index (χ4v) is 1.73. The molecule has 0 fully saturated rings. The minimum atomic E-state index is 0.456. The van der Waals surface area contributed by atoms with Crippen LogP contribution in [-0.2, 0) is 0 Å². The van der Waals surface area contributed by atoms with Crippen LogP contribution in [0.5, 0.6) is 5.75 Å². The molecule has 0 amide bonds. The van der Waals surface area contributed by atoms with Crippen LogP contribution in [0.2, 0.25) is 5.02 Å². The monoisotopic (exact) mass is 198 g/mol. The predicted octanol–water partition coefficient (Wildman–Crippen LogP) is 3.78. The minimum Gasteiger partial charge on any atom is -0.496 e. The van der Waals surface area contributed by atoms with Gasteiger partial charge in [0.15, 0.2) is 0 Å². The van der Waals surface area contributed by atoms with Gasteiger partial charge in [-0.2, -0.15) is 0 Å². The topological polar surface area (TPSA) is 9.23 Å². The van der Waals surface area contributed by atoms with E-state index in [2.05, 4.69) is 13.8 Å². The maximum absolute atomic E-state index is 6.19. The second kappa shape index (κ2) is 4.01. The fraction of sp³-hybridized carbons (Fsp3) is 0.455. The van der Waals surface area contributed by atoms with Gasteiger partial charge in [-0.3, -0.25) is 0 Å². The lowest BCUT2D eigenvalue weighted by molar-refractivity contribution is 0.411. The predicted molar refractivity (Wildman–Crippen MR) is 56.8 cm³/mol. The summed E-state index contributed by atoms with van der Waals surface area (Å²) in [4.78, 5) is 0. The van der Waals surface area contributed by atoms with Gasteiger partial charge in [0.1, 0.15) is 5.75 Å². The molecular formula is C11H15ClO. The molecule has 0 aliphatic carbocycles. The highest BCUT2D eigenvalue weighted by Gasteiger charge is 2.10. The first kappa shape index (κ1) is 10.4. The summed E-state index contributed by atoms with van der Waals surface area (Å²) < 4.78 is 5.18. The van der Waals surface area contributed by atoms with Gasteiger partial charge in [0.05, 0.1) is 12.1 Å². The zero-order chi connectivity index (χ0) is 10.0. The molecule has 0 spiro atoms. The normalized spacial score (nSPS) is 10.6. The third kappa shape index (κ3) is 1.97. The molecule has 0 N–H and O–H groups in total. The van der Waals surface area contributed by atoms with E-state index in [0.29, 0.717) is 5.92 Å². The van der Waals surface area contributed by atoms with Crippen molar-refractivity contribution in [2.24, 2.45) is 0 Å². The van der Waals surface area contributed by atoms with Gasteiger partial charge in [-0.05, 0) is 24.5 Å². The Kier molecular flexibility index (Phi) is 3.21. The van der Waals surface area contributed by atoms with Gasteiger partial charge in [-0.15, -0.1) is 0 Å². The van der Waals surface area contributed by atoms with E-state index in [1.807, 2.05) is 19.1 Å². The summed E-state index contributed by atoms with van der Waals surface area (Å²) in [6.07, 6.45) is 0. The molecule has 1 rings (SSSR count). The lowest BCUT2D eigenvalue weighted by Crippen LogP contribution is -1.94. The first-order valence-electron chi connectivity index (χ1n) is 4.41. The molecule has 72 valence electrons. The molecule has 0 heterocycles. The van der Waals surface area contributed by atoms with Gasteiger partial charge in [0, 0.05) is 5.56 Å². The van der Waals surface area contributed by atoms with Gasteiger partial charge in [-0.25, -0.2) is 0 Å². The van der Waals surface area contributed by atoms with E-state index in [1.165, 1.54) is 5.56 Å². The maximum atomic E-state index is 6.19. The maximum Gasteiger partial charge on any atom is 0.123 e. The van der Waals surface area contributed by atoms with Gasteiger partial charge in [0.2, 0.25) is 0 Å². The largest absolute Gasteiger partial charge is 0.496 e. The molecule has 0 bridgehead atoms. The molecule has 1 nitrogen and oxygen atoms in total. The van der Waals surface area contributed by atoms with E-state index >= 15 is 0 Å². The number of halogens is 1. The molecule has 0 atom stereocenters. The molecule has 0 aliphatic rings. The van der Waals surface area contributed by atoms with E-state index < -0.39 is 0 Å². The van der Waals surface area contributed by atoms with Crippen LogP contribution in [0, 0.1) is 6.92 Å². The van der Waals surface area contributed by atoms with Crippen molar-refractivity contribution in [3.8, 4) is 5.75 Å². The Hall–Kier alpha value is -0.690. The first-order valence-corrected chi connectivity index (χ1v) is 4.78. The lowest BCUT2D eigenvalue weighted by Gasteiger charge is -2.13. The van der Waals surface area contributed by atoms with Crippen LogP contribution in [0.15, 0.2) is 12.1 Å². The standard InChI is InChI=1S/C11H15ClO/c1-7(2)9-5-6-10(13-4)8(3)11(9)12/h5-7H,1-4H3. The van der Waals surface area contributed by atoms with Gasteiger partial charge >= 0.3 is 0 Å². The summed E-state index contributed by atoms with van der Waals surface area (Å²) in [6.45, 7) is 6.24. The van der Waals surface area contributed by atoms with Gasteiger partial charge < -0.3 is 4.74 Å². The zero-order valence-electron chi connectivity index (χ0n) is 8.52. The Morgan fingerprint density at radius 3 is 2.38 bits per heavy atom. The van der Waals surface area contributed by atoms with E-state index in [-0.39, 0.29) is 0 Å². The van der Waals surface area contributed by atoms with E-state index in [1.54, 1.807) is 7.11 Å². The Balaban J connectivity index is 3.23. The average Bonchev–Trinajstić information content (AvgIpc) is 2.09. The molecule has 13 heavy (non-hydrogen) atoms. The van der Waals surface area contributed by atoms with Crippen LogP contribution in [0.1, 0.15) is 30.9 Å². The molecule has 2 heteroatoms. The average molecular weight is 199 g/mol. The highest BCUT2D eigenvalue weighted by Crippen LogP contribution is 2.32. The third-order valence-corrected chi connectivity index (χ3v) is 2.71. The molecule has 0 saturated carbocycles. The fourth-order valence-electron chi connectivity index (χ4n) is 1.36. The highest BCUT2D eigenvalue weighted by atomic mass is 35.5. The van der Waals surface area contributed by atoms with E-state index in [0.717, 1.165) is 16.3 Å². The van der Waals surface area contributed by atoms with Crippen molar-refractivity contribution in [3.05, 3.63) is 28.3 Å². The number of methoxy groups -OCH3 is 1. The highest BCUT2D eigenvalue weighted by molar-refractivity contribution is 6.32.